The molecule has 0 heteroatoms. The largest absolute Gasteiger partial charge is 0.0654 e. The number of unbranched alkanes of at least 4 members (excludes halogenated alkanes) is 3. The summed E-state index contributed by atoms with van der Waals surface area (Å²) in [5.74, 6) is 0. The molecule has 0 aromatic heterocycles. The Labute approximate surface area is 77.1 Å². The average molecular weight is 165 g/mol. The number of rotatable bonds is 7. The highest BCUT2D eigenvalue weighted by Gasteiger charge is 2.19. The van der Waals surface area contributed by atoms with E-state index < -0.39 is 0 Å². The lowest BCUT2D eigenvalue weighted by Crippen LogP contribution is -1.72. The molecule has 0 amide bonds. The Bertz CT molecular complexity index is 153. The van der Waals surface area contributed by atoms with Crippen LogP contribution in [0, 0.1) is 6.42 Å². The molecule has 12 heavy (non-hydrogen) atoms. The minimum atomic E-state index is 1.33. The third-order valence-corrected chi connectivity index (χ3v) is 2.53. The molecule has 0 atom stereocenters. The molecule has 1 aliphatic rings. The molecule has 1 rings (SSSR count). The summed E-state index contributed by atoms with van der Waals surface area (Å²) < 4.78 is 0. The SMILES string of the molecule is CCCCCC1=C(CCCC)[CH]1. The Morgan fingerprint density at radius 2 is 1.42 bits per heavy atom. The van der Waals surface area contributed by atoms with E-state index in [9.17, 15) is 0 Å². The van der Waals surface area contributed by atoms with E-state index in [0.29, 0.717) is 0 Å². The van der Waals surface area contributed by atoms with Crippen LogP contribution in [0.2, 0.25) is 0 Å². The van der Waals surface area contributed by atoms with Crippen LogP contribution in [0.4, 0.5) is 0 Å². The predicted octanol–water partition coefficient (Wildman–Crippen LogP) is 4.27. The second-order valence-electron chi connectivity index (χ2n) is 3.76. The maximum atomic E-state index is 2.39. The van der Waals surface area contributed by atoms with Crippen LogP contribution in [-0.4, -0.2) is 0 Å². The van der Waals surface area contributed by atoms with Gasteiger partial charge in [-0.05, 0) is 25.7 Å². The van der Waals surface area contributed by atoms with Crippen molar-refractivity contribution >= 4 is 0 Å². The number of allylic oxidation sites excluding steroid dienone is 2. The Balaban J connectivity index is 2.00. The molecular weight excluding hydrogens is 144 g/mol. The third-order valence-electron chi connectivity index (χ3n) is 2.53. The van der Waals surface area contributed by atoms with E-state index in [1.807, 2.05) is 0 Å². The van der Waals surface area contributed by atoms with Gasteiger partial charge in [-0.25, -0.2) is 0 Å². The minimum Gasteiger partial charge on any atom is -0.0654 e. The number of hydrogen-bond acceptors (Lipinski definition) is 0. The van der Waals surface area contributed by atoms with Crippen LogP contribution in [-0.2, 0) is 0 Å². The highest BCUT2D eigenvalue weighted by Crippen LogP contribution is 2.37. The summed E-state index contributed by atoms with van der Waals surface area (Å²) in [4.78, 5) is 0. The fourth-order valence-corrected chi connectivity index (χ4v) is 1.57. The van der Waals surface area contributed by atoms with Crippen molar-refractivity contribution in [3.63, 3.8) is 0 Å². The summed E-state index contributed by atoms with van der Waals surface area (Å²) in [6, 6.07) is 0. The first kappa shape index (κ1) is 9.83. The summed E-state index contributed by atoms with van der Waals surface area (Å²) in [5.41, 5.74) is 3.35. The van der Waals surface area contributed by atoms with Crippen LogP contribution in [0.5, 0.6) is 0 Å². The summed E-state index contributed by atoms with van der Waals surface area (Å²) in [6.07, 6.45) is 12.0. The van der Waals surface area contributed by atoms with Crippen molar-refractivity contribution in [1.29, 1.82) is 0 Å². The zero-order valence-corrected chi connectivity index (χ0v) is 8.53. The Hall–Kier alpha value is -0.260. The Morgan fingerprint density at radius 3 is 2.00 bits per heavy atom. The lowest BCUT2D eigenvalue weighted by Gasteiger charge is -1.91. The summed E-state index contributed by atoms with van der Waals surface area (Å²) >= 11 is 0. The molecule has 0 heterocycles. The van der Waals surface area contributed by atoms with Gasteiger partial charge in [-0.1, -0.05) is 44.3 Å². The quantitative estimate of drug-likeness (QED) is 0.494. The zero-order valence-electron chi connectivity index (χ0n) is 8.53. The molecule has 1 radical (unpaired) electrons. The van der Waals surface area contributed by atoms with Gasteiger partial charge in [0.1, 0.15) is 0 Å². The summed E-state index contributed by atoms with van der Waals surface area (Å²) in [5, 5.41) is 0. The lowest BCUT2D eigenvalue weighted by molar-refractivity contribution is 0.722. The van der Waals surface area contributed by atoms with E-state index in [4.69, 9.17) is 0 Å². The fraction of sp³-hybridized carbons (Fsp3) is 0.750. The van der Waals surface area contributed by atoms with Gasteiger partial charge in [-0.15, -0.1) is 0 Å². The van der Waals surface area contributed by atoms with Crippen molar-refractivity contribution in [1.82, 2.24) is 0 Å². The summed E-state index contributed by atoms with van der Waals surface area (Å²) in [7, 11) is 0. The van der Waals surface area contributed by atoms with Gasteiger partial charge in [0.15, 0.2) is 0 Å². The monoisotopic (exact) mass is 165 g/mol. The fourth-order valence-electron chi connectivity index (χ4n) is 1.57. The summed E-state index contributed by atoms with van der Waals surface area (Å²) in [6.45, 7) is 4.53. The van der Waals surface area contributed by atoms with Crippen molar-refractivity contribution in [2.75, 3.05) is 0 Å². The zero-order chi connectivity index (χ0) is 8.81. The highest BCUT2D eigenvalue weighted by atomic mass is 14.2. The van der Waals surface area contributed by atoms with Crippen molar-refractivity contribution < 1.29 is 0 Å². The van der Waals surface area contributed by atoms with Crippen LogP contribution in [0.25, 0.3) is 0 Å². The van der Waals surface area contributed by atoms with Gasteiger partial charge >= 0.3 is 0 Å². The highest BCUT2D eigenvalue weighted by molar-refractivity contribution is 5.49. The third kappa shape index (κ3) is 3.42. The van der Waals surface area contributed by atoms with Crippen molar-refractivity contribution in [2.45, 2.75) is 58.8 Å². The van der Waals surface area contributed by atoms with Gasteiger partial charge in [0, 0.05) is 6.42 Å². The second-order valence-corrected chi connectivity index (χ2v) is 3.76. The van der Waals surface area contributed by atoms with Crippen LogP contribution in [0.1, 0.15) is 58.8 Å². The van der Waals surface area contributed by atoms with E-state index in [-0.39, 0.29) is 0 Å². The molecular formula is C12H21. The van der Waals surface area contributed by atoms with Gasteiger partial charge in [-0.3, -0.25) is 0 Å². The molecule has 0 aliphatic heterocycles. The van der Waals surface area contributed by atoms with Crippen LogP contribution in [0.15, 0.2) is 11.1 Å². The standard InChI is InChI=1S/C12H21/c1-3-5-7-9-12-10-11(12)8-6-4-2/h10H,3-9H2,1-2H3. The molecule has 0 saturated heterocycles. The van der Waals surface area contributed by atoms with E-state index in [1.165, 1.54) is 44.9 Å². The topological polar surface area (TPSA) is 0 Å². The lowest BCUT2D eigenvalue weighted by atomic mass is 10.2. The molecule has 1 aliphatic carbocycles. The first-order chi connectivity index (χ1) is 5.88. The van der Waals surface area contributed by atoms with E-state index in [2.05, 4.69) is 20.3 Å². The molecule has 0 spiro atoms. The molecule has 69 valence electrons. The first-order valence-electron chi connectivity index (χ1n) is 5.45. The van der Waals surface area contributed by atoms with Crippen LogP contribution >= 0.6 is 0 Å². The second kappa shape index (κ2) is 5.40. The molecule has 0 unspecified atom stereocenters. The van der Waals surface area contributed by atoms with Gasteiger partial charge in [0.2, 0.25) is 0 Å². The Morgan fingerprint density at radius 1 is 0.833 bits per heavy atom. The van der Waals surface area contributed by atoms with Gasteiger partial charge in [-0.2, -0.15) is 0 Å². The van der Waals surface area contributed by atoms with Crippen molar-refractivity contribution in [3.8, 4) is 0 Å². The normalized spacial score (nSPS) is 15.5. The smallest absolute Gasteiger partial charge is 0.0116 e. The van der Waals surface area contributed by atoms with E-state index in [0.717, 1.165) is 0 Å². The van der Waals surface area contributed by atoms with Crippen LogP contribution < -0.4 is 0 Å². The van der Waals surface area contributed by atoms with Crippen molar-refractivity contribution in [2.24, 2.45) is 0 Å². The average Bonchev–Trinajstić information content (AvgIpc) is 2.81. The molecule has 0 aromatic rings. The molecule has 0 bridgehead atoms. The van der Waals surface area contributed by atoms with Gasteiger partial charge in [0.05, 0.1) is 0 Å². The molecule has 0 nitrogen and oxygen atoms in total. The van der Waals surface area contributed by atoms with E-state index >= 15 is 0 Å². The molecule has 0 N–H and O–H groups in total. The Kier molecular flexibility index (Phi) is 4.42. The van der Waals surface area contributed by atoms with Crippen molar-refractivity contribution in [3.05, 3.63) is 17.6 Å². The minimum absolute atomic E-state index is 1.33. The molecule has 0 aromatic carbocycles. The maximum Gasteiger partial charge on any atom is 0.0116 e. The van der Waals surface area contributed by atoms with Gasteiger partial charge < -0.3 is 0 Å². The van der Waals surface area contributed by atoms with Crippen LogP contribution in [0.3, 0.4) is 0 Å². The van der Waals surface area contributed by atoms with E-state index in [1.54, 1.807) is 11.1 Å². The maximum absolute atomic E-state index is 2.39. The predicted molar refractivity (Wildman–Crippen MR) is 55.0 cm³/mol. The van der Waals surface area contributed by atoms with Gasteiger partial charge in [0.25, 0.3) is 0 Å². The molecule has 0 fully saturated rings. The number of hydrogen-bond donors (Lipinski definition) is 0. The molecule has 0 saturated carbocycles. The first-order valence-corrected chi connectivity index (χ1v) is 5.45.